The summed E-state index contributed by atoms with van der Waals surface area (Å²) in [7, 11) is 1.69. The second-order valence-electron chi connectivity index (χ2n) is 6.99. The van der Waals surface area contributed by atoms with Gasteiger partial charge in [0.2, 0.25) is 5.91 Å². The molecule has 3 rings (SSSR count). The standard InChI is InChI=1S/C20H30N2O3/c1-24-18-6-4-17(5-7-18)10-11-21-12-14-22(15-13-21)20(23)9-8-19-3-2-16-25-19/h4-7,19H,2-3,8-16H2,1H3/t19-/m1/s1. The number of ether oxygens (including phenoxy) is 2. The minimum Gasteiger partial charge on any atom is -0.497 e. The first-order chi connectivity index (χ1) is 12.2. The number of hydrogen-bond donors (Lipinski definition) is 0. The van der Waals surface area contributed by atoms with Crippen LogP contribution in [0.5, 0.6) is 5.75 Å². The molecule has 138 valence electrons. The highest BCUT2D eigenvalue weighted by atomic mass is 16.5. The lowest BCUT2D eigenvalue weighted by atomic mass is 10.1. The highest BCUT2D eigenvalue weighted by Gasteiger charge is 2.23. The van der Waals surface area contributed by atoms with Crippen LogP contribution in [-0.2, 0) is 16.0 Å². The Morgan fingerprint density at radius 3 is 2.60 bits per heavy atom. The van der Waals surface area contributed by atoms with Crippen LogP contribution in [0, 0.1) is 0 Å². The molecule has 0 radical (unpaired) electrons. The quantitative estimate of drug-likeness (QED) is 0.760. The number of carbonyl (C=O) groups excluding carboxylic acids is 1. The molecule has 1 amide bonds. The zero-order chi connectivity index (χ0) is 17.5. The number of amides is 1. The normalized spacial score (nSPS) is 21.5. The number of rotatable bonds is 7. The number of benzene rings is 1. The molecule has 0 N–H and O–H groups in total. The Labute approximate surface area is 150 Å². The van der Waals surface area contributed by atoms with Crippen molar-refractivity contribution in [1.82, 2.24) is 9.80 Å². The summed E-state index contributed by atoms with van der Waals surface area (Å²) in [6.45, 7) is 5.57. The molecule has 0 bridgehead atoms. The van der Waals surface area contributed by atoms with Gasteiger partial charge in [-0.2, -0.15) is 0 Å². The maximum atomic E-state index is 12.3. The molecule has 1 atom stereocenters. The fourth-order valence-electron chi connectivity index (χ4n) is 3.61. The highest BCUT2D eigenvalue weighted by molar-refractivity contribution is 5.76. The number of methoxy groups -OCH3 is 1. The van der Waals surface area contributed by atoms with Gasteiger partial charge >= 0.3 is 0 Å². The summed E-state index contributed by atoms with van der Waals surface area (Å²) in [6.07, 6.45) is 5.14. The number of carbonyl (C=O) groups is 1. The van der Waals surface area contributed by atoms with Gasteiger partial charge in [0.05, 0.1) is 13.2 Å². The van der Waals surface area contributed by atoms with E-state index in [1.165, 1.54) is 5.56 Å². The van der Waals surface area contributed by atoms with Crippen LogP contribution in [0.1, 0.15) is 31.2 Å². The summed E-state index contributed by atoms with van der Waals surface area (Å²) in [6, 6.07) is 8.29. The van der Waals surface area contributed by atoms with Gasteiger partial charge in [-0.25, -0.2) is 0 Å². The van der Waals surface area contributed by atoms with Gasteiger partial charge in [-0.3, -0.25) is 9.69 Å². The van der Waals surface area contributed by atoms with E-state index in [1.807, 2.05) is 17.0 Å². The van der Waals surface area contributed by atoms with Gasteiger partial charge < -0.3 is 14.4 Å². The van der Waals surface area contributed by atoms with Gasteiger partial charge in [-0.15, -0.1) is 0 Å². The van der Waals surface area contributed by atoms with Crippen LogP contribution in [0.4, 0.5) is 0 Å². The second-order valence-corrected chi connectivity index (χ2v) is 6.99. The van der Waals surface area contributed by atoms with E-state index in [0.717, 1.165) is 70.8 Å². The van der Waals surface area contributed by atoms with Gasteiger partial charge in [0, 0.05) is 45.8 Å². The Hall–Kier alpha value is -1.59. The molecule has 2 saturated heterocycles. The average molecular weight is 346 g/mol. The van der Waals surface area contributed by atoms with Crippen LogP contribution in [-0.4, -0.2) is 68.3 Å². The molecule has 0 unspecified atom stereocenters. The summed E-state index contributed by atoms with van der Waals surface area (Å²) < 4.78 is 10.8. The van der Waals surface area contributed by atoms with Crippen molar-refractivity contribution in [3.63, 3.8) is 0 Å². The van der Waals surface area contributed by atoms with Crippen molar-refractivity contribution in [2.24, 2.45) is 0 Å². The van der Waals surface area contributed by atoms with Crippen molar-refractivity contribution in [3.05, 3.63) is 29.8 Å². The Bertz CT molecular complexity index is 532. The molecular formula is C20H30N2O3. The molecule has 2 fully saturated rings. The molecule has 1 aromatic rings. The Balaban J connectivity index is 1.34. The van der Waals surface area contributed by atoms with E-state index in [0.29, 0.717) is 18.4 Å². The molecule has 0 saturated carbocycles. The highest BCUT2D eigenvalue weighted by Crippen LogP contribution is 2.18. The van der Waals surface area contributed by atoms with Gasteiger partial charge in [0.15, 0.2) is 0 Å². The molecule has 2 aliphatic rings. The SMILES string of the molecule is COc1ccc(CCN2CCN(C(=O)CC[C@H]3CCCO3)CC2)cc1. The van der Waals surface area contributed by atoms with Crippen LogP contribution in [0.3, 0.4) is 0 Å². The minimum absolute atomic E-state index is 0.297. The van der Waals surface area contributed by atoms with Gasteiger partial charge in [0.1, 0.15) is 5.75 Å². The van der Waals surface area contributed by atoms with Crippen LogP contribution in [0.15, 0.2) is 24.3 Å². The van der Waals surface area contributed by atoms with Crippen molar-refractivity contribution >= 4 is 5.91 Å². The van der Waals surface area contributed by atoms with Crippen molar-refractivity contribution in [2.75, 3.05) is 46.4 Å². The molecular weight excluding hydrogens is 316 g/mol. The first kappa shape index (κ1) is 18.2. The predicted molar refractivity (Wildman–Crippen MR) is 97.9 cm³/mol. The van der Waals surface area contributed by atoms with Crippen molar-refractivity contribution in [3.8, 4) is 5.75 Å². The summed E-state index contributed by atoms with van der Waals surface area (Å²) in [5.41, 5.74) is 1.33. The maximum Gasteiger partial charge on any atom is 0.222 e. The molecule has 1 aromatic carbocycles. The lowest BCUT2D eigenvalue weighted by Gasteiger charge is -2.35. The molecule has 0 spiro atoms. The van der Waals surface area contributed by atoms with Crippen LogP contribution >= 0.6 is 0 Å². The zero-order valence-electron chi connectivity index (χ0n) is 15.3. The lowest BCUT2D eigenvalue weighted by molar-refractivity contribution is -0.133. The molecule has 0 aromatic heterocycles. The van der Waals surface area contributed by atoms with E-state index in [1.54, 1.807) is 7.11 Å². The van der Waals surface area contributed by atoms with E-state index in [4.69, 9.17) is 9.47 Å². The fraction of sp³-hybridized carbons (Fsp3) is 0.650. The van der Waals surface area contributed by atoms with Crippen molar-refractivity contribution < 1.29 is 14.3 Å². The smallest absolute Gasteiger partial charge is 0.222 e. The molecule has 2 heterocycles. The third-order valence-electron chi connectivity index (χ3n) is 5.30. The summed E-state index contributed by atoms with van der Waals surface area (Å²) in [5, 5.41) is 0. The number of hydrogen-bond acceptors (Lipinski definition) is 4. The molecule has 5 nitrogen and oxygen atoms in total. The molecule has 5 heteroatoms. The first-order valence-corrected chi connectivity index (χ1v) is 9.49. The fourth-order valence-corrected chi connectivity index (χ4v) is 3.61. The van der Waals surface area contributed by atoms with E-state index >= 15 is 0 Å². The first-order valence-electron chi connectivity index (χ1n) is 9.49. The van der Waals surface area contributed by atoms with E-state index < -0.39 is 0 Å². The van der Waals surface area contributed by atoms with Crippen LogP contribution in [0.25, 0.3) is 0 Å². The van der Waals surface area contributed by atoms with Gasteiger partial charge in [0.25, 0.3) is 0 Å². The van der Waals surface area contributed by atoms with Crippen molar-refractivity contribution in [2.45, 2.75) is 38.2 Å². The summed E-state index contributed by atoms with van der Waals surface area (Å²) >= 11 is 0. The maximum absolute atomic E-state index is 12.3. The average Bonchev–Trinajstić information content (AvgIpc) is 3.19. The molecule has 0 aliphatic carbocycles. The van der Waals surface area contributed by atoms with Gasteiger partial charge in [-0.05, 0) is 43.4 Å². The summed E-state index contributed by atoms with van der Waals surface area (Å²) in [4.78, 5) is 16.8. The third kappa shape index (κ3) is 5.44. The monoisotopic (exact) mass is 346 g/mol. The lowest BCUT2D eigenvalue weighted by Crippen LogP contribution is -2.49. The number of piperazine rings is 1. The van der Waals surface area contributed by atoms with E-state index in [-0.39, 0.29) is 0 Å². The molecule has 25 heavy (non-hydrogen) atoms. The van der Waals surface area contributed by atoms with E-state index in [2.05, 4.69) is 17.0 Å². The predicted octanol–water partition coefficient (Wildman–Crippen LogP) is 2.34. The van der Waals surface area contributed by atoms with Crippen molar-refractivity contribution in [1.29, 1.82) is 0 Å². The Morgan fingerprint density at radius 2 is 1.96 bits per heavy atom. The summed E-state index contributed by atoms with van der Waals surface area (Å²) in [5.74, 6) is 1.20. The minimum atomic E-state index is 0.297. The van der Waals surface area contributed by atoms with Gasteiger partial charge in [-0.1, -0.05) is 12.1 Å². The Morgan fingerprint density at radius 1 is 1.20 bits per heavy atom. The largest absolute Gasteiger partial charge is 0.497 e. The second kappa shape index (κ2) is 9.20. The molecule has 2 aliphatic heterocycles. The third-order valence-corrected chi connectivity index (χ3v) is 5.30. The topological polar surface area (TPSA) is 42.0 Å². The Kier molecular flexibility index (Phi) is 6.70. The number of nitrogens with zero attached hydrogens (tertiary/aromatic N) is 2. The van der Waals surface area contributed by atoms with Crippen LogP contribution in [0.2, 0.25) is 0 Å². The zero-order valence-corrected chi connectivity index (χ0v) is 15.3. The van der Waals surface area contributed by atoms with Crippen LogP contribution < -0.4 is 4.74 Å². The van der Waals surface area contributed by atoms with E-state index in [9.17, 15) is 4.79 Å².